The zero-order valence-electron chi connectivity index (χ0n) is 13.8. The predicted octanol–water partition coefficient (Wildman–Crippen LogP) is 2.18. The highest BCUT2D eigenvalue weighted by molar-refractivity contribution is 5.94. The van der Waals surface area contributed by atoms with Crippen LogP contribution in [0, 0.1) is 0 Å². The average Bonchev–Trinajstić information content (AvgIpc) is 2.99. The van der Waals surface area contributed by atoms with Gasteiger partial charge in [-0.3, -0.25) is 14.7 Å². The summed E-state index contributed by atoms with van der Waals surface area (Å²) >= 11 is 0. The molecule has 132 valence electrons. The Morgan fingerprint density at radius 2 is 2.00 bits per heavy atom. The molecule has 1 aliphatic heterocycles. The molecule has 0 bridgehead atoms. The third kappa shape index (κ3) is 2.92. The normalized spacial score (nSPS) is 15.8. The van der Waals surface area contributed by atoms with Gasteiger partial charge in [-0.1, -0.05) is 24.3 Å². The maximum atomic E-state index is 10.6. The van der Waals surface area contributed by atoms with E-state index in [0.717, 1.165) is 16.6 Å². The Morgan fingerprint density at radius 3 is 2.77 bits per heavy atom. The Morgan fingerprint density at radius 1 is 1.23 bits per heavy atom. The highest BCUT2D eigenvalue weighted by atomic mass is 16.5. The molecule has 2 aromatic carbocycles. The van der Waals surface area contributed by atoms with Gasteiger partial charge in [-0.05, 0) is 29.8 Å². The van der Waals surface area contributed by atoms with E-state index in [0.29, 0.717) is 17.7 Å². The minimum absolute atomic E-state index is 0.0404. The lowest BCUT2D eigenvalue weighted by molar-refractivity contribution is -0.137. The summed E-state index contributed by atoms with van der Waals surface area (Å²) < 4.78 is 7.42. The number of anilines is 1. The third-order valence-electron chi connectivity index (χ3n) is 4.10. The number of carboxylic acids is 1. The van der Waals surface area contributed by atoms with Crippen LogP contribution in [0.4, 0.5) is 5.95 Å². The number of aliphatic carboxylic acids is 1. The van der Waals surface area contributed by atoms with Crippen molar-refractivity contribution < 1.29 is 14.6 Å². The number of hydrogen-bond acceptors (Lipinski definition) is 6. The van der Waals surface area contributed by atoms with Gasteiger partial charge in [0.15, 0.2) is 12.1 Å². The van der Waals surface area contributed by atoms with E-state index >= 15 is 0 Å². The number of carboxylic acid groups (broad SMARTS) is 1. The molecule has 0 aliphatic carbocycles. The van der Waals surface area contributed by atoms with Crippen LogP contribution in [0.25, 0.3) is 11.0 Å². The number of imidazole rings is 1. The first-order valence-electron chi connectivity index (χ1n) is 8.13. The molecule has 1 aliphatic rings. The van der Waals surface area contributed by atoms with Crippen LogP contribution in [0.2, 0.25) is 0 Å². The van der Waals surface area contributed by atoms with Crippen LogP contribution < -0.4 is 15.8 Å². The van der Waals surface area contributed by atoms with Crippen LogP contribution in [0.3, 0.4) is 0 Å². The number of aliphatic imine (C=N–C) groups is 1. The van der Waals surface area contributed by atoms with Crippen molar-refractivity contribution in [3.05, 3.63) is 54.1 Å². The van der Waals surface area contributed by atoms with Crippen molar-refractivity contribution in [1.29, 1.82) is 0 Å². The van der Waals surface area contributed by atoms with Gasteiger partial charge in [0.25, 0.3) is 0 Å². The lowest BCUT2D eigenvalue weighted by Crippen LogP contribution is -2.31. The van der Waals surface area contributed by atoms with Crippen molar-refractivity contribution in [2.45, 2.75) is 12.6 Å². The van der Waals surface area contributed by atoms with Crippen molar-refractivity contribution in [3.8, 4) is 5.75 Å². The smallest absolute Gasteiger partial charge is 0.306 e. The molecule has 26 heavy (non-hydrogen) atoms. The molecule has 0 saturated carbocycles. The number of aromatic nitrogens is 2. The Bertz CT molecular complexity index is 994. The van der Waals surface area contributed by atoms with Crippen molar-refractivity contribution in [1.82, 2.24) is 9.55 Å². The van der Waals surface area contributed by atoms with E-state index in [-0.39, 0.29) is 19.2 Å². The molecule has 4 N–H and O–H groups in total. The van der Waals surface area contributed by atoms with E-state index in [1.807, 2.05) is 41.0 Å². The molecule has 0 radical (unpaired) electrons. The monoisotopic (exact) mass is 351 g/mol. The first-order valence-corrected chi connectivity index (χ1v) is 8.13. The van der Waals surface area contributed by atoms with Gasteiger partial charge in [0.05, 0.1) is 24.1 Å². The number of para-hydroxylation sites is 2. The van der Waals surface area contributed by atoms with Crippen LogP contribution in [-0.4, -0.2) is 33.2 Å². The summed E-state index contributed by atoms with van der Waals surface area (Å²) in [7, 11) is 0. The van der Waals surface area contributed by atoms with E-state index < -0.39 is 5.97 Å². The van der Waals surface area contributed by atoms with Gasteiger partial charge >= 0.3 is 5.97 Å². The molecular formula is C18H17N5O3. The van der Waals surface area contributed by atoms with Gasteiger partial charge in [-0.25, -0.2) is 9.98 Å². The lowest BCUT2D eigenvalue weighted by Gasteiger charge is -2.24. The Balaban J connectivity index is 1.65. The standard InChI is InChI=1S/C18H17N5O3/c19-17-21-16(11-5-7-12(8-6-11)26-10-9-15(24)25)23-14-4-2-1-3-13(14)20-18(23)22-17/h1-8,16H,9-10H2,(H,24,25)(H3,19,20,21,22). The number of hydrogen-bond donors (Lipinski definition) is 3. The van der Waals surface area contributed by atoms with Crippen molar-refractivity contribution in [2.75, 3.05) is 11.9 Å². The average molecular weight is 351 g/mol. The fraction of sp³-hybridized carbons (Fsp3) is 0.167. The van der Waals surface area contributed by atoms with Crippen molar-refractivity contribution in [2.24, 2.45) is 10.7 Å². The largest absolute Gasteiger partial charge is 0.493 e. The zero-order valence-corrected chi connectivity index (χ0v) is 13.8. The molecule has 0 amide bonds. The molecule has 2 heterocycles. The number of nitrogens with one attached hydrogen (secondary N) is 1. The minimum atomic E-state index is -0.888. The van der Waals surface area contributed by atoms with Crippen LogP contribution in [0.1, 0.15) is 18.2 Å². The van der Waals surface area contributed by atoms with Gasteiger partial charge in [0, 0.05) is 0 Å². The van der Waals surface area contributed by atoms with Crippen LogP contribution >= 0.6 is 0 Å². The minimum Gasteiger partial charge on any atom is -0.493 e. The molecule has 0 fully saturated rings. The fourth-order valence-corrected chi connectivity index (χ4v) is 2.93. The second kappa shape index (κ2) is 6.40. The maximum absolute atomic E-state index is 10.6. The van der Waals surface area contributed by atoms with Crippen molar-refractivity contribution >= 4 is 28.9 Å². The van der Waals surface area contributed by atoms with Crippen LogP contribution in [0.5, 0.6) is 5.75 Å². The molecule has 1 unspecified atom stereocenters. The first-order chi connectivity index (χ1) is 12.6. The molecule has 0 saturated heterocycles. The Kier molecular flexibility index (Phi) is 3.92. The number of fused-ring (bicyclic) bond motifs is 3. The molecule has 8 nitrogen and oxygen atoms in total. The summed E-state index contributed by atoms with van der Waals surface area (Å²) in [6.45, 7) is 0.128. The number of ether oxygens (including phenoxy) is 1. The second-order valence-electron chi connectivity index (χ2n) is 5.87. The van der Waals surface area contributed by atoms with Crippen LogP contribution in [-0.2, 0) is 4.79 Å². The van der Waals surface area contributed by atoms with Gasteiger partial charge in [-0.15, -0.1) is 0 Å². The van der Waals surface area contributed by atoms with Gasteiger partial charge < -0.3 is 15.6 Å². The topological polar surface area (TPSA) is 115 Å². The highest BCUT2D eigenvalue weighted by Gasteiger charge is 2.24. The number of benzene rings is 2. The fourth-order valence-electron chi connectivity index (χ4n) is 2.93. The molecule has 0 spiro atoms. The molecular weight excluding hydrogens is 334 g/mol. The summed E-state index contributed by atoms with van der Waals surface area (Å²) in [4.78, 5) is 19.6. The molecule has 1 atom stereocenters. The Hall–Kier alpha value is -3.55. The molecule has 3 aromatic rings. The maximum Gasteiger partial charge on any atom is 0.306 e. The first kappa shape index (κ1) is 15.9. The van der Waals surface area contributed by atoms with E-state index in [9.17, 15) is 4.79 Å². The number of rotatable bonds is 5. The summed E-state index contributed by atoms with van der Waals surface area (Å²) in [5, 5.41) is 11.7. The summed E-state index contributed by atoms with van der Waals surface area (Å²) in [5.41, 5.74) is 8.67. The number of guanidine groups is 1. The van der Waals surface area contributed by atoms with Gasteiger partial charge in [0.2, 0.25) is 5.95 Å². The summed E-state index contributed by atoms with van der Waals surface area (Å²) in [6, 6.07) is 15.2. The summed E-state index contributed by atoms with van der Waals surface area (Å²) in [5.74, 6) is 0.669. The lowest BCUT2D eigenvalue weighted by atomic mass is 10.1. The molecule has 8 heteroatoms. The SMILES string of the molecule is NC1=NC(c2ccc(OCCC(=O)O)cc2)n2c(nc3ccccc32)N1. The highest BCUT2D eigenvalue weighted by Crippen LogP contribution is 2.32. The predicted molar refractivity (Wildman–Crippen MR) is 97.3 cm³/mol. The van der Waals surface area contributed by atoms with E-state index in [1.165, 1.54) is 0 Å². The number of nitrogens with zero attached hydrogens (tertiary/aromatic N) is 3. The quantitative estimate of drug-likeness (QED) is 0.649. The van der Waals surface area contributed by atoms with E-state index in [4.69, 9.17) is 15.6 Å². The second-order valence-corrected chi connectivity index (χ2v) is 5.87. The summed E-state index contributed by atoms with van der Waals surface area (Å²) in [6.07, 6.45) is -0.381. The third-order valence-corrected chi connectivity index (χ3v) is 4.10. The number of carbonyl (C=O) groups is 1. The van der Waals surface area contributed by atoms with Crippen LogP contribution in [0.15, 0.2) is 53.5 Å². The zero-order chi connectivity index (χ0) is 18.1. The van der Waals surface area contributed by atoms with Gasteiger partial charge in [-0.2, -0.15) is 0 Å². The van der Waals surface area contributed by atoms with E-state index in [2.05, 4.69) is 15.3 Å². The molecule has 1 aromatic heterocycles. The number of nitrogens with two attached hydrogens (primary N) is 1. The van der Waals surface area contributed by atoms with E-state index in [1.54, 1.807) is 12.1 Å². The molecule has 4 rings (SSSR count). The Labute approximate surface area is 148 Å². The van der Waals surface area contributed by atoms with Gasteiger partial charge in [0.1, 0.15) is 5.75 Å². The van der Waals surface area contributed by atoms with Crippen molar-refractivity contribution in [3.63, 3.8) is 0 Å².